The molecule has 0 aromatic heterocycles. The molecule has 0 spiro atoms. The van der Waals surface area contributed by atoms with Crippen LogP contribution < -0.4 is 5.73 Å². The van der Waals surface area contributed by atoms with Gasteiger partial charge in [0.1, 0.15) is 0 Å². The Morgan fingerprint density at radius 1 is 1.33 bits per heavy atom. The Hall–Kier alpha value is -0.0800. The van der Waals surface area contributed by atoms with Gasteiger partial charge in [-0.15, -0.1) is 0 Å². The molecule has 0 aromatic carbocycles. The van der Waals surface area contributed by atoms with E-state index in [2.05, 4.69) is 25.7 Å². The van der Waals surface area contributed by atoms with Gasteiger partial charge in [0, 0.05) is 18.6 Å². The number of nitrogens with zero attached hydrogens (tertiary/aromatic N) is 1. The Labute approximate surface area is 94.2 Å². The normalized spacial score (nSPS) is 41.2. The van der Waals surface area contributed by atoms with Gasteiger partial charge in [0.15, 0.2) is 0 Å². The summed E-state index contributed by atoms with van der Waals surface area (Å²) in [5, 5.41) is 0. The molecule has 2 nitrogen and oxygen atoms in total. The van der Waals surface area contributed by atoms with Gasteiger partial charge < -0.3 is 5.73 Å². The van der Waals surface area contributed by atoms with Crippen molar-refractivity contribution < 1.29 is 0 Å². The maximum Gasteiger partial charge on any atom is 0.0252 e. The second kappa shape index (κ2) is 4.06. The van der Waals surface area contributed by atoms with Gasteiger partial charge in [-0.3, -0.25) is 4.90 Å². The van der Waals surface area contributed by atoms with Crippen molar-refractivity contribution in [1.29, 1.82) is 0 Å². The Kier molecular flexibility index (Phi) is 3.09. The molecule has 0 amide bonds. The van der Waals surface area contributed by atoms with Gasteiger partial charge in [-0.05, 0) is 37.1 Å². The smallest absolute Gasteiger partial charge is 0.0252 e. The first kappa shape index (κ1) is 11.4. The van der Waals surface area contributed by atoms with Crippen molar-refractivity contribution >= 4 is 0 Å². The van der Waals surface area contributed by atoms with Crippen LogP contribution in [0.1, 0.15) is 46.5 Å². The molecule has 0 bridgehead atoms. The summed E-state index contributed by atoms with van der Waals surface area (Å²) in [6.07, 6.45) is 5.33. The quantitative estimate of drug-likeness (QED) is 0.757. The fourth-order valence-corrected chi connectivity index (χ4v) is 3.29. The summed E-state index contributed by atoms with van der Waals surface area (Å²) in [5.74, 6) is 0.931. The fourth-order valence-electron chi connectivity index (χ4n) is 3.29. The first-order valence-corrected chi connectivity index (χ1v) is 6.54. The zero-order valence-electron chi connectivity index (χ0n) is 10.5. The van der Waals surface area contributed by atoms with E-state index < -0.39 is 0 Å². The van der Waals surface area contributed by atoms with E-state index in [4.69, 9.17) is 5.73 Å². The minimum Gasteiger partial charge on any atom is -0.326 e. The molecule has 1 saturated carbocycles. The highest BCUT2D eigenvalue weighted by Crippen LogP contribution is 2.40. The maximum atomic E-state index is 6.38. The lowest BCUT2D eigenvalue weighted by atomic mass is 9.87. The summed E-state index contributed by atoms with van der Waals surface area (Å²) in [5.41, 5.74) is 6.74. The molecular weight excluding hydrogens is 184 g/mol. The highest BCUT2D eigenvalue weighted by molar-refractivity contribution is 5.00. The van der Waals surface area contributed by atoms with Crippen LogP contribution in [0.2, 0.25) is 0 Å². The highest BCUT2D eigenvalue weighted by atomic mass is 15.2. The number of rotatable bonds is 2. The van der Waals surface area contributed by atoms with Crippen LogP contribution >= 0.6 is 0 Å². The van der Waals surface area contributed by atoms with E-state index >= 15 is 0 Å². The predicted octanol–water partition coefficient (Wildman–Crippen LogP) is 2.23. The second-order valence-corrected chi connectivity index (χ2v) is 6.18. The SMILES string of the molecule is CCC1CCN(C2CCC(C)(C)C2N)C1. The Morgan fingerprint density at radius 2 is 2.07 bits per heavy atom. The first-order valence-electron chi connectivity index (χ1n) is 6.54. The summed E-state index contributed by atoms with van der Waals surface area (Å²) in [6.45, 7) is 9.54. The van der Waals surface area contributed by atoms with Crippen LogP contribution in [0, 0.1) is 11.3 Å². The van der Waals surface area contributed by atoms with Crippen LogP contribution in [0.3, 0.4) is 0 Å². The molecule has 1 aliphatic heterocycles. The summed E-state index contributed by atoms with van der Waals surface area (Å²) in [4.78, 5) is 2.66. The van der Waals surface area contributed by atoms with E-state index in [1.165, 1.54) is 38.8 Å². The van der Waals surface area contributed by atoms with Crippen molar-refractivity contribution in [1.82, 2.24) is 4.90 Å². The molecule has 15 heavy (non-hydrogen) atoms. The average Bonchev–Trinajstić information content (AvgIpc) is 2.74. The fraction of sp³-hybridized carbons (Fsp3) is 1.00. The van der Waals surface area contributed by atoms with Gasteiger partial charge in [0.05, 0.1) is 0 Å². The minimum atomic E-state index is 0.356. The number of likely N-dealkylation sites (tertiary alicyclic amines) is 1. The van der Waals surface area contributed by atoms with Gasteiger partial charge in [-0.25, -0.2) is 0 Å². The van der Waals surface area contributed by atoms with Crippen LogP contribution in [0.5, 0.6) is 0 Å². The molecule has 0 radical (unpaired) electrons. The Bertz CT molecular complexity index is 225. The van der Waals surface area contributed by atoms with Crippen LogP contribution in [-0.2, 0) is 0 Å². The van der Waals surface area contributed by atoms with Crippen LogP contribution in [0.4, 0.5) is 0 Å². The second-order valence-electron chi connectivity index (χ2n) is 6.18. The summed E-state index contributed by atoms with van der Waals surface area (Å²) in [7, 11) is 0. The van der Waals surface area contributed by atoms with Crippen LogP contribution in [0.25, 0.3) is 0 Å². The van der Waals surface area contributed by atoms with Crippen molar-refractivity contribution in [3.8, 4) is 0 Å². The predicted molar refractivity (Wildman–Crippen MR) is 64.7 cm³/mol. The summed E-state index contributed by atoms with van der Waals surface area (Å²) >= 11 is 0. The average molecular weight is 210 g/mol. The number of hydrogen-bond acceptors (Lipinski definition) is 2. The molecule has 88 valence electrons. The zero-order chi connectivity index (χ0) is 11.1. The first-order chi connectivity index (χ1) is 7.04. The molecule has 0 aromatic rings. The third-order valence-electron chi connectivity index (χ3n) is 4.76. The third-order valence-corrected chi connectivity index (χ3v) is 4.76. The molecule has 3 atom stereocenters. The largest absolute Gasteiger partial charge is 0.326 e. The molecule has 3 unspecified atom stereocenters. The third kappa shape index (κ3) is 2.07. The lowest BCUT2D eigenvalue weighted by Gasteiger charge is -2.32. The Balaban J connectivity index is 1.96. The molecular formula is C13H26N2. The summed E-state index contributed by atoms with van der Waals surface area (Å²) in [6, 6.07) is 1.05. The zero-order valence-corrected chi connectivity index (χ0v) is 10.5. The van der Waals surface area contributed by atoms with E-state index in [0.29, 0.717) is 17.5 Å². The lowest BCUT2D eigenvalue weighted by molar-refractivity contribution is 0.191. The van der Waals surface area contributed by atoms with Crippen molar-refractivity contribution in [2.75, 3.05) is 13.1 Å². The van der Waals surface area contributed by atoms with Crippen molar-refractivity contribution in [3.05, 3.63) is 0 Å². The van der Waals surface area contributed by atoms with E-state index in [1.807, 2.05) is 0 Å². The van der Waals surface area contributed by atoms with Gasteiger partial charge in [0.2, 0.25) is 0 Å². The molecule has 2 heteroatoms. The molecule has 2 N–H and O–H groups in total. The van der Waals surface area contributed by atoms with Gasteiger partial charge >= 0.3 is 0 Å². The van der Waals surface area contributed by atoms with Crippen molar-refractivity contribution in [2.24, 2.45) is 17.1 Å². The number of nitrogens with two attached hydrogens (primary N) is 1. The molecule has 2 rings (SSSR count). The summed E-state index contributed by atoms with van der Waals surface area (Å²) < 4.78 is 0. The molecule has 1 heterocycles. The minimum absolute atomic E-state index is 0.356. The topological polar surface area (TPSA) is 29.3 Å². The van der Waals surface area contributed by atoms with Gasteiger partial charge in [-0.1, -0.05) is 27.2 Å². The monoisotopic (exact) mass is 210 g/mol. The molecule has 2 fully saturated rings. The molecule has 2 aliphatic rings. The Morgan fingerprint density at radius 3 is 2.53 bits per heavy atom. The van der Waals surface area contributed by atoms with E-state index in [0.717, 1.165) is 5.92 Å². The van der Waals surface area contributed by atoms with Crippen molar-refractivity contribution in [3.63, 3.8) is 0 Å². The van der Waals surface area contributed by atoms with Gasteiger partial charge in [0.25, 0.3) is 0 Å². The van der Waals surface area contributed by atoms with E-state index in [9.17, 15) is 0 Å². The molecule has 1 aliphatic carbocycles. The van der Waals surface area contributed by atoms with Crippen molar-refractivity contribution in [2.45, 2.75) is 58.5 Å². The lowest BCUT2D eigenvalue weighted by Crippen LogP contribution is -2.48. The number of hydrogen-bond donors (Lipinski definition) is 1. The van der Waals surface area contributed by atoms with E-state index in [-0.39, 0.29) is 0 Å². The van der Waals surface area contributed by atoms with E-state index in [1.54, 1.807) is 0 Å². The maximum absolute atomic E-state index is 6.38. The molecule has 1 saturated heterocycles. The van der Waals surface area contributed by atoms with Crippen LogP contribution in [0.15, 0.2) is 0 Å². The standard InChI is InChI=1S/C13H26N2/c1-4-10-6-8-15(9-10)11-5-7-13(2,3)12(11)14/h10-12H,4-9,14H2,1-3H3. The highest BCUT2D eigenvalue weighted by Gasteiger charge is 2.43. The van der Waals surface area contributed by atoms with Crippen LogP contribution in [-0.4, -0.2) is 30.1 Å². The van der Waals surface area contributed by atoms with Gasteiger partial charge in [-0.2, -0.15) is 0 Å².